The summed E-state index contributed by atoms with van der Waals surface area (Å²) in [4.78, 5) is 22.4. The number of carboxylic acid groups (broad SMARTS) is 1. The Kier molecular flexibility index (Phi) is 4.43. The highest BCUT2D eigenvalue weighted by atomic mass is 35.5. The molecule has 0 fully saturated rings. The van der Waals surface area contributed by atoms with Crippen LogP contribution in [0.25, 0.3) is 0 Å². The van der Waals surface area contributed by atoms with Gasteiger partial charge in [0.25, 0.3) is 0 Å². The van der Waals surface area contributed by atoms with Gasteiger partial charge in [-0.05, 0) is 32.0 Å². The average molecular weight is 291 g/mol. The number of nitrogens with one attached hydrogen (secondary N) is 2. The minimum Gasteiger partial charge on any atom is -0.480 e. The van der Waals surface area contributed by atoms with E-state index in [0.29, 0.717) is 15.7 Å². The molecule has 0 heterocycles. The van der Waals surface area contributed by atoms with Crippen molar-refractivity contribution in [3.8, 4) is 0 Å². The molecule has 0 aliphatic carbocycles. The van der Waals surface area contributed by atoms with E-state index in [-0.39, 0.29) is 0 Å². The molecule has 3 N–H and O–H groups in total. The average Bonchev–Trinajstić information content (AvgIpc) is 2.13. The number of anilines is 1. The van der Waals surface area contributed by atoms with E-state index in [0.717, 1.165) is 0 Å². The van der Waals surface area contributed by atoms with Crippen molar-refractivity contribution in [3.63, 3.8) is 0 Å². The highest BCUT2D eigenvalue weighted by Gasteiger charge is 2.28. The predicted molar refractivity (Wildman–Crippen MR) is 70.3 cm³/mol. The first kappa shape index (κ1) is 14.6. The number of hydrogen-bond acceptors (Lipinski definition) is 2. The Morgan fingerprint density at radius 1 is 1.17 bits per heavy atom. The standard InChI is InChI=1S/C11H12Cl2N2O3/c1-11(2,9(16)17)15-10(18)14-8-4-6(12)3-7(13)5-8/h3-5H,1-2H3,(H,16,17)(H2,14,15,18). The third kappa shape index (κ3) is 4.09. The highest BCUT2D eigenvalue weighted by molar-refractivity contribution is 6.35. The summed E-state index contributed by atoms with van der Waals surface area (Å²) in [5.74, 6) is -1.14. The van der Waals surface area contributed by atoms with Crippen LogP contribution in [0.4, 0.5) is 10.5 Å². The first-order valence-corrected chi connectivity index (χ1v) is 5.75. The van der Waals surface area contributed by atoms with E-state index >= 15 is 0 Å². The third-order valence-electron chi connectivity index (χ3n) is 2.08. The van der Waals surface area contributed by atoms with E-state index in [9.17, 15) is 9.59 Å². The Hall–Kier alpha value is -1.46. The van der Waals surface area contributed by atoms with Crippen molar-refractivity contribution < 1.29 is 14.7 Å². The van der Waals surface area contributed by atoms with Crippen molar-refractivity contribution in [1.29, 1.82) is 0 Å². The summed E-state index contributed by atoms with van der Waals surface area (Å²) in [6, 6.07) is 3.87. The zero-order valence-corrected chi connectivity index (χ0v) is 11.3. The predicted octanol–water partition coefficient (Wildman–Crippen LogP) is 2.98. The number of carbonyl (C=O) groups excluding carboxylic acids is 1. The van der Waals surface area contributed by atoms with E-state index in [1.165, 1.54) is 32.0 Å². The zero-order chi connectivity index (χ0) is 13.9. The number of rotatable bonds is 3. The fourth-order valence-corrected chi connectivity index (χ4v) is 1.65. The molecular weight excluding hydrogens is 279 g/mol. The van der Waals surface area contributed by atoms with Crippen molar-refractivity contribution in [2.24, 2.45) is 0 Å². The molecular formula is C11H12Cl2N2O3. The van der Waals surface area contributed by atoms with Gasteiger partial charge in [0.1, 0.15) is 5.54 Å². The Labute approximate surface area is 114 Å². The zero-order valence-electron chi connectivity index (χ0n) is 9.75. The van der Waals surface area contributed by atoms with Crippen LogP contribution in [0.15, 0.2) is 18.2 Å². The van der Waals surface area contributed by atoms with Crippen LogP contribution >= 0.6 is 23.2 Å². The summed E-state index contributed by atoms with van der Waals surface area (Å²) in [6.45, 7) is 2.75. The number of benzene rings is 1. The minimum absolute atomic E-state index is 0.371. The molecule has 18 heavy (non-hydrogen) atoms. The lowest BCUT2D eigenvalue weighted by atomic mass is 10.1. The van der Waals surface area contributed by atoms with Crippen LogP contribution in [0, 0.1) is 0 Å². The Morgan fingerprint density at radius 2 is 1.67 bits per heavy atom. The van der Waals surface area contributed by atoms with Gasteiger partial charge in [0.15, 0.2) is 0 Å². The molecule has 1 aromatic carbocycles. The summed E-state index contributed by atoms with van der Waals surface area (Å²) in [6.07, 6.45) is 0. The largest absolute Gasteiger partial charge is 0.480 e. The second-order valence-electron chi connectivity index (χ2n) is 4.17. The van der Waals surface area contributed by atoms with Gasteiger partial charge in [0, 0.05) is 15.7 Å². The fraction of sp³-hybridized carbons (Fsp3) is 0.273. The number of carbonyl (C=O) groups is 2. The summed E-state index contributed by atoms with van der Waals surface area (Å²) >= 11 is 11.5. The van der Waals surface area contributed by atoms with Crippen molar-refractivity contribution in [2.45, 2.75) is 19.4 Å². The molecule has 0 aromatic heterocycles. The number of aliphatic carboxylic acids is 1. The lowest BCUT2D eigenvalue weighted by molar-refractivity contribution is -0.142. The van der Waals surface area contributed by atoms with E-state index in [1.54, 1.807) is 0 Å². The van der Waals surface area contributed by atoms with Gasteiger partial charge in [-0.3, -0.25) is 0 Å². The van der Waals surface area contributed by atoms with Crippen LogP contribution < -0.4 is 10.6 Å². The molecule has 5 nitrogen and oxygen atoms in total. The smallest absolute Gasteiger partial charge is 0.328 e. The number of hydrogen-bond donors (Lipinski definition) is 3. The van der Waals surface area contributed by atoms with E-state index in [4.69, 9.17) is 28.3 Å². The molecule has 0 atom stereocenters. The summed E-state index contributed by atoms with van der Waals surface area (Å²) in [5, 5.41) is 14.4. The quantitative estimate of drug-likeness (QED) is 0.801. The first-order valence-electron chi connectivity index (χ1n) is 4.99. The maximum Gasteiger partial charge on any atom is 0.328 e. The number of amides is 2. The number of carboxylic acids is 1. The van der Waals surface area contributed by atoms with Crippen molar-refractivity contribution in [1.82, 2.24) is 5.32 Å². The van der Waals surface area contributed by atoms with Crippen molar-refractivity contribution in [3.05, 3.63) is 28.2 Å². The molecule has 2 amide bonds. The summed E-state index contributed by atoms with van der Waals surface area (Å²) < 4.78 is 0. The van der Waals surface area contributed by atoms with Gasteiger partial charge in [-0.15, -0.1) is 0 Å². The normalized spacial score (nSPS) is 10.9. The summed E-state index contributed by atoms with van der Waals surface area (Å²) in [7, 11) is 0. The van der Waals surface area contributed by atoms with Crippen LogP contribution in [0.5, 0.6) is 0 Å². The maximum absolute atomic E-state index is 11.6. The topological polar surface area (TPSA) is 78.4 Å². The van der Waals surface area contributed by atoms with Gasteiger partial charge < -0.3 is 15.7 Å². The van der Waals surface area contributed by atoms with Gasteiger partial charge in [0.05, 0.1) is 0 Å². The lowest BCUT2D eigenvalue weighted by Gasteiger charge is -2.21. The molecule has 0 spiro atoms. The van der Waals surface area contributed by atoms with Crippen LogP contribution in [0.3, 0.4) is 0 Å². The molecule has 0 aliphatic heterocycles. The fourth-order valence-electron chi connectivity index (χ4n) is 1.13. The second-order valence-corrected chi connectivity index (χ2v) is 5.04. The SMILES string of the molecule is CC(C)(NC(=O)Nc1cc(Cl)cc(Cl)c1)C(=O)O. The highest BCUT2D eigenvalue weighted by Crippen LogP contribution is 2.22. The molecule has 0 saturated heterocycles. The van der Waals surface area contributed by atoms with Crippen molar-refractivity contribution >= 4 is 40.9 Å². The third-order valence-corrected chi connectivity index (χ3v) is 2.52. The minimum atomic E-state index is -1.37. The molecule has 1 aromatic rings. The van der Waals surface area contributed by atoms with Gasteiger partial charge >= 0.3 is 12.0 Å². The van der Waals surface area contributed by atoms with Crippen LogP contribution in [-0.2, 0) is 4.79 Å². The molecule has 0 bridgehead atoms. The second kappa shape index (κ2) is 5.46. The Bertz CT molecular complexity index is 469. The van der Waals surface area contributed by atoms with E-state index in [1.807, 2.05) is 0 Å². The van der Waals surface area contributed by atoms with Crippen LogP contribution in [-0.4, -0.2) is 22.6 Å². The van der Waals surface area contributed by atoms with Crippen LogP contribution in [0.2, 0.25) is 10.0 Å². The number of halogens is 2. The maximum atomic E-state index is 11.6. The molecule has 7 heteroatoms. The molecule has 0 unspecified atom stereocenters. The Morgan fingerprint density at radius 3 is 2.11 bits per heavy atom. The van der Waals surface area contributed by atoms with Crippen LogP contribution in [0.1, 0.15) is 13.8 Å². The monoisotopic (exact) mass is 290 g/mol. The van der Waals surface area contributed by atoms with Gasteiger partial charge in [0.2, 0.25) is 0 Å². The van der Waals surface area contributed by atoms with Gasteiger partial charge in [-0.25, -0.2) is 9.59 Å². The molecule has 1 rings (SSSR count). The van der Waals surface area contributed by atoms with Gasteiger partial charge in [-0.1, -0.05) is 23.2 Å². The molecule has 0 aliphatic rings. The molecule has 98 valence electrons. The van der Waals surface area contributed by atoms with E-state index < -0.39 is 17.5 Å². The van der Waals surface area contributed by atoms with E-state index in [2.05, 4.69) is 10.6 Å². The molecule has 0 saturated carbocycles. The molecule has 0 radical (unpaired) electrons. The Balaban J connectivity index is 2.73. The first-order chi connectivity index (χ1) is 8.20. The number of urea groups is 1. The summed E-state index contributed by atoms with van der Waals surface area (Å²) in [5.41, 5.74) is -0.988. The lowest BCUT2D eigenvalue weighted by Crippen LogP contribution is -2.51. The van der Waals surface area contributed by atoms with Gasteiger partial charge in [-0.2, -0.15) is 0 Å². The van der Waals surface area contributed by atoms with Crippen molar-refractivity contribution in [2.75, 3.05) is 5.32 Å².